The molecule has 10 heteroatoms. The average molecular weight is 743 g/mol. The number of rotatable bonds is 7. The highest BCUT2D eigenvalue weighted by Gasteiger charge is 2.29. The van der Waals surface area contributed by atoms with Crippen LogP contribution in [0, 0.1) is 46.5 Å². The molecule has 7 nitrogen and oxygen atoms in total. The van der Waals surface area contributed by atoms with Crippen molar-refractivity contribution < 1.29 is 32.7 Å². The van der Waals surface area contributed by atoms with Gasteiger partial charge < -0.3 is 20.1 Å². The van der Waals surface area contributed by atoms with Crippen LogP contribution in [0.25, 0.3) is 0 Å². The zero-order valence-corrected chi connectivity index (χ0v) is 29.3. The van der Waals surface area contributed by atoms with Gasteiger partial charge in [0.05, 0.1) is 30.3 Å². The highest BCUT2D eigenvalue weighted by molar-refractivity contribution is 9.10. The highest BCUT2D eigenvalue weighted by atomic mass is 79.9. The van der Waals surface area contributed by atoms with Crippen molar-refractivity contribution in [2.75, 3.05) is 13.2 Å². The fourth-order valence-electron chi connectivity index (χ4n) is 4.76. The Morgan fingerprint density at radius 3 is 1.58 bits per heavy atom. The molecule has 0 heterocycles. The van der Waals surface area contributed by atoms with Crippen molar-refractivity contribution >= 4 is 42.0 Å². The van der Waals surface area contributed by atoms with E-state index in [9.17, 15) is 13.5 Å². The number of halogens is 2. The number of hydrogen-bond donors (Lipinski definition) is 3. The number of phenols is 1. The van der Waals surface area contributed by atoms with Crippen molar-refractivity contribution in [3.8, 4) is 11.5 Å². The molecule has 236 valence electrons. The SMILES string of the molecule is Cc1cc(O)cc(C)c1Br.Cc1cc(OCC2CC(O)C2)cc(C)c1Br.Cc1ccc(S(=O)(=O)OCC2CC(O)C2)cc1. The van der Waals surface area contributed by atoms with Gasteiger partial charge in [-0.3, -0.25) is 4.18 Å². The zero-order chi connectivity index (χ0) is 31.9. The second-order valence-corrected chi connectivity index (χ2v) is 14.8. The topological polar surface area (TPSA) is 113 Å². The van der Waals surface area contributed by atoms with Crippen molar-refractivity contribution in [3.63, 3.8) is 0 Å². The Hall–Kier alpha value is -1.95. The van der Waals surface area contributed by atoms with E-state index in [0.717, 1.165) is 50.8 Å². The zero-order valence-electron chi connectivity index (χ0n) is 25.3. The molecule has 2 fully saturated rings. The standard InChI is InChI=1S/C13H17BrO2.C12H16O4S.C8H9BrO/c1-8-3-12(4-9(2)13(8)14)16-7-10-5-11(15)6-10;1-9-2-4-12(5-3-9)17(14,15)16-8-10-6-11(13)7-10;1-5-3-7(10)4-6(2)8(5)9/h3-4,10-11,15H,5-7H2,1-2H3;2-5,10-11,13H,6-8H2,1H3;3-4,10H,1-2H3. The van der Waals surface area contributed by atoms with Crippen LogP contribution in [0.4, 0.5) is 0 Å². The number of aromatic hydroxyl groups is 1. The molecule has 0 unspecified atom stereocenters. The van der Waals surface area contributed by atoms with Crippen molar-refractivity contribution in [1.82, 2.24) is 0 Å². The summed E-state index contributed by atoms with van der Waals surface area (Å²) in [7, 11) is -3.65. The Morgan fingerprint density at radius 1 is 0.721 bits per heavy atom. The molecular formula is C33H42Br2O7S. The number of phenolic OH excluding ortho intramolecular Hbond substituents is 1. The molecule has 0 radical (unpaired) electrons. The van der Waals surface area contributed by atoms with E-state index < -0.39 is 10.1 Å². The molecule has 43 heavy (non-hydrogen) atoms. The molecule has 0 bridgehead atoms. The maximum absolute atomic E-state index is 11.8. The van der Waals surface area contributed by atoms with Gasteiger partial charge in [-0.05, 0) is 131 Å². The lowest BCUT2D eigenvalue weighted by Gasteiger charge is -2.31. The Morgan fingerprint density at radius 2 is 1.14 bits per heavy atom. The normalized spacial score (nSPS) is 20.9. The molecule has 0 atom stereocenters. The third-order valence-electron chi connectivity index (χ3n) is 7.51. The number of aryl methyl sites for hydroxylation is 5. The number of benzene rings is 3. The first kappa shape index (κ1) is 35.5. The summed E-state index contributed by atoms with van der Waals surface area (Å²) in [6, 6.07) is 14.1. The fourth-order valence-corrected chi connectivity index (χ4v) is 6.19. The molecular weight excluding hydrogens is 700 g/mol. The molecule has 5 rings (SSSR count). The van der Waals surface area contributed by atoms with Gasteiger partial charge in [-0.1, -0.05) is 49.6 Å². The van der Waals surface area contributed by atoms with E-state index in [0.29, 0.717) is 24.5 Å². The third-order valence-corrected chi connectivity index (χ3v) is 11.3. The summed E-state index contributed by atoms with van der Waals surface area (Å²) in [4.78, 5) is 0.183. The lowest BCUT2D eigenvalue weighted by molar-refractivity contribution is 0.0203. The third kappa shape index (κ3) is 10.9. The van der Waals surface area contributed by atoms with Gasteiger partial charge in [-0.15, -0.1) is 0 Å². The first-order valence-electron chi connectivity index (χ1n) is 14.3. The van der Waals surface area contributed by atoms with Crippen molar-refractivity contribution in [2.24, 2.45) is 11.8 Å². The van der Waals surface area contributed by atoms with Crippen LogP contribution in [0.5, 0.6) is 11.5 Å². The second-order valence-electron chi connectivity index (χ2n) is 11.6. The molecule has 2 aliphatic rings. The van der Waals surface area contributed by atoms with Crippen LogP contribution in [-0.4, -0.2) is 49.2 Å². The molecule has 3 aromatic rings. The van der Waals surface area contributed by atoms with Crippen LogP contribution in [0.15, 0.2) is 62.4 Å². The molecule has 3 N–H and O–H groups in total. The summed E-state index contributed by atoms with van der Waals surface area (Å²) < 4.78 is 36.5. The number of aliphatic hydroxyl groups excluding tert-OH is 2. The largest absolute Gasteiger partial charge is 0.508 e. The van der Waals surface area contributed by atoms with Gasteiger partial charge in [-0.25, -0.2) is 0 Å². The summed E-state index contributed by atoms with van der Waals surface area (Å²) in [5.74, 6) is 1.95. The van der Waals surface area contributed by atoms with Crippen LogP contribution in [0.1, 0.15) is 53.5 Å². The minimum Gasteiger partial charge on any atom is -0.508 e. The summed E-state index contributed by atoms with van der Waals surface area (Å²) in [5, 5.41) is 27.4. The Bertz CT molecular complexity index is 1420. The molecule has 0 aliphatic heterocycles. The minimum atomic E-state index is -3.65. The van der Waals surface area contributed by atoms with Crippen LogP contribution < -0.4 is 4.74 Å². The molecule has 0 aromatic heterocycles. The predicted octanol–water partition coefficient (Wildman–Crippen LogP) is 7.46. The first-order chi connectivity index (χ1) is 20.1. The van der Waals surface area contributed by atoms with Gasteiger partial charge in [0.2, 0.25) is 0 Å². The van der Waals surface area contributed by atoms with E-state index in [1.54, 1.807) is 36.4 Å². The molecule has 0 spiro atoms. The molecule has 2 aliphatic carbocycles. The fraction of sp³-hybridized carbons (Fsp3) is 0.455. The van der Waals surface area contributed by atoms with Crippen molar-refractivity contribution in [3.05, 3.63) is 85.3 Å². The van der Waals surface area contributed by atoms with Crippen molar-refractivity contribution in [1.29, 1.82) is 0 Å². The van der Waals surface area contributed by atoms with Crippen LogP contribution in [-0.2, 0) is 14.3 Å². The van der Waals surface area contributed by atoms with Gasteiger partial charge in [0.1, 0.15) is 11.5 Å². The monoisotopic (exact) mass is 740 g/mol. The predicted molar refractivity (Wildman–Crippen MR) is 176 cm³/mol. The van der Waals surface area contributed by atoms with E-state index in [-0.39, 0.29) is 29.6 Å². The van der Waals surface area contributed by atoms with E-state index in [1.165, 1.54) is 11.1 Å². The lowest BCUT2D eigenvalue weighted by Crippen LogP contribution is -2.32. The molecule has 2 saturated carbocycles. The first-order valence-corrected chi connectivity index (χ1v) is 17.3. The Balaban J connectivity index is 0.000000183. The summed E-state index contributed by atoms with van der Waals surface area (Å²) in [6.45, 7) is 10.8. The van der Waals surface area contributed by atoms with Crippen LogP contribution >= 0.6 is 31.9 Å². The van der Waals surface area contributed by atoms with Gasteiger partial charge in [0.25, 0.3) is 10.1 Å². The van der Waals surface area contributed by atoms with Crippen LogP contribution in [0.2, 0.25) is 0 Å². The maximum atomic E-state index is 11.8. The van der Waals surface area contributed by atoms with Crippen LogP contribution in [0.3, 0.4) is 0 Å². The number of ether oxygens (including phenoxy) is 1. The van der Waals surface area contributed by atoms with E-state index in [2.05, 4.69) is 45.7 Å². The lowest BCUT2D eigenvalue weighted by atomic mass is 9.83. The van der Waals surface area contributed by atoms with E-state index >= 15 is 0 Å². The summed E-state index contributed by atoms with van der Waals surface area (Å²) >= 11 is 6.94. The summed E-state index contributed by atoms with van der Waals surface area (Å²) in [5.41, 5.74) is 5.54. The Kier molecular flexibility index (Phi) is 13.1. The second kappa shape index (κ2) is 15.9. The van der Waals surface area contributed by atoms with Gasteiger partial charge >= 0.3 is 0 Å². The molecule has 0 amide bonds. The quantitative estimate of drug-likeness (QED) is 0.216. The van der Waals surface area contributed by atoms with Gasteiger partial charge in [0.15, 0.2) is 0 Å². The number of aliphatic hydroxyl groups is 2. The maximum Gasteiger partial charge on any atom is 0.296 e. The smallest absolute Gasteiger partial charge is 0.296 e. The van der Waals surface area contributed by atoms with Crippen molar-refractivity contribution in [2.45, 2.75) is 77.4 Å². The average Bonchev–Trinajstić information content (AvgIpc) is 2.90. The van der Waals surface area contributed by atoms with Gasteiger partial charge in [-0.2, -0.15) is 8.42 Å². The molecule has 0 saturated heterocycles. The Labute approximate surface area is 272 Å². The minimum absolute atomic E-state index is 0.0954. The number of hydrogen-bond acceptors (Lipinski definition) is 7. The van der Waals surface area contributed by atoms with Gasteiger partial charge in [0, 0.05) is 8.95 Å². The van der Waals surface area contributed by atoms with E-state index in [1.807, 2.05) is 32.9 Å². The summed E-state index contributed by atoms with van der Waals surface area (Å²) in [6.07, 6.45) is 2.64. The highest BCUT2D eigenvalue weighted by Crippen LogP contribution is 2.31. The molecule has 3 aromatic carbocycles. The van der Waals surface area contributed by atoms with E-state index in [4.69, 9.17) is 19.1 Å².